The number of nitrogens with zero attached hydrogens (tertiary/aromatic N) is 1. The van der Waals surface area contributed by atoms with Gasteiger partial charge in [-0.3, -0.25) is 9.69 Å². The van der Waals surface area contributed by atoms with Crippen molar-refractivity contribution in [2.24, 2.45) is 0 Å². The maximum absolute atomic E-state index is 11.0. The van der Waals surface area contributed by atoms with Crippen molar-refractivity contribution in [1.82, 2.24) is 4.90 Å². The molecule has 1 aromatic carbocycles. The molecule has 0 aliphatic carbocycles. The van der Waals surface area contributed by atoms with E-state index < -0.39 is 0 Å². The van der Waals surface area contributed by atoms with E-state index in [-0.39, 0.29) is 5.78 Å². The summed E-state index contributed by atoms with van der Waals surface area (Å²) in [5.74, 6) is 0.227. The first-order valence-corrected chi connectivity index (χ1v) is 6.15. The van der Waals surface area contributed by atoms with Gasteiger partial charge in [0.2, 0.25) is 0 Å². The number of likely N-dealkylation sites (N-methyl/N-ethyl adjacent to an activating group) is 1. The Hall–Kier alpha value is -1.15. The zero-order valence-corrected chi connectivity index (χ0v) is 11.6. The smallest absolute Gasteiger partial charge is 0.143 e. The van der Waals surface area contributed by atoms with Crippen LogP contribution < -0.4 is 0 Å². The summed E-state index contributed by atoms with van der Waals surface area (Å²) in [7, 11) is 2.00. The molecule has 0 aliphatic heterocycles. The minimum atomic E-state index is 0.227. The van der Waals surface area contributed by atoms with Crippen molar-refractivity contribution in [2.75, 3.05) is 20.1 Å². The van der Waals surface area contributed by atoms with E-state index in [1.165, 1.54) is 22.3 Å². The number of carbonyl (C=O) groups is 1. The summed E-state index contributed by atoms with van der Waals surface area (Å²) in [5.41, 5.74) is 5.46. The Morgan fingerprint density at radius 1 is 1.18 bits per heavy atom. The summed E-state index contributed by atoms with van der Waals surface area (Å²) >= 11 is 0. The fraction of sp³-hybridized carbons (Fsp3) is 0.533. The summed E-state index contributed by atoms with van der Waals surface area (Å²) < 4.78 is 0. The van der Waals surface area contributed by atoms with Gasteiger partial charge in [-0.15, -0.1) is 0 Å². The SMILES string of the molecule is CC(=O)CN(C)CCc1c(C)cc(C)cc1C. The van der Waals surface area contributed by atoms with Gasteiger partial charge in [-0.25, -0.2) is 0 Å². The van der Waals surface area contributed by atoms with Crippen molar-refractivity contribution in [2.45, 2.75) is 34.1 Å². The molecular formula is C15H23NO. The molecule has 1 aromatic rings. The van der Waals surface area contributed by atoms with Crippen LogP contribution >= 0.6 is 0 Å². The third-order valence-corrected chi connectivity index (χ3v) is 3.08. The minimum absolute atomic E-state index is 0.227. The number of aryl methyl sites for hydroxylation is 3. The summed E-state index contributed by atoms with van der Waals surface area (Å²) in [4.78, 5) is 13.1. The van der Waals surface area contributed by atoms with Crippen LogP contribution in [0.3, 0.4) is 0 Å². The molecule has 0 saturated heterocycles. The van der Waals surface area contributed by atoms with E-state index in [1.807, 2.05) is 7.05 Å². The monoisotopic (exact) mass is 233 g/mol. The van der Waals surface area contributed by atoms with Gasteiger partial charge in [-0.1, -0.05) is 17.7 Å². The molecule has 0 radical (unpaired) electrons. The van der Waals surface area contributed by atoms with Crippen LogP contribution in [0.25, 0.3) is 0 Å². The molecule has 2 nitrogen and oxygen atoms in total. The molecule has 0 saturated carbocycles. The van der Waals surface area contributed by atoms with Gasteiger partial charge in [-0.05, 0) is 57.9 Å². The molecule has 0 atom stereocenters. The average molecular weight is 233 g/mol. The van der Waals surface area contributed by atoms with Gasteiger partial charge >= 0.3 is 0 Å². The van der Waals surface area contributed by atoms with E-state index in [0.29, 0.717) is 6.54 Å². The predicted molar refractivity (Wildman–Crippen MR) is 72.5 cm³/mol. The van der Waals surface area contributed by atoms with Crippen LogP contribution in [0.2, 0.25) is 0 Å². The number of ketones is 1. The molecule has 0 fully saturated rings. The Morgan fingerprint density at radius 3 is 2.18 bits per heavy atom. The number of carbonyl (C=O) groups excluding carboxylic acids is 1. The molecule has 0 bridgehead atoms. The summed E-state index contributed by atoms with van der Waals surface area (Å²) in [6, 6.07) is 4.46. The minimum Gasteiger partial charge on any atom is -0.299 e. The van der Waals surface area contributed by atoms with Crippen LogP contribution in [0.1, 0.15) is 29.2 Å². The second kappa shape index (κ2) is 5.97. The number of rotatable bonds is 5. The molecule has 0 aliphatic rings. The van der Waals surface area contributed by atoms with E-state index in [0.717, 1.165) is 13.0 Å². The lowest BCUT2D eigenvalue weighted by molar-refractivity contribution is -0.117. The highest BCUT2D eigenvalue weighted by Gasteiger charge is 2.06. The van der Waals surface area contributed by atoms with Crippen molar-refractivity contribution >= 4 is 5.78 Å². The molecule has 94 valence electrons. The fourth-order valence-corrected chi connectivity index (χ4v) is 2.37. The largest absolute Gasteiger partial charge is 0.299 e. The third-order valence-electron chi connectivity index (χ3n) is 3.08. The summed E-state index contributed by atoms with van der Waals surface area (Å²) in [5, 5.41) is 0. The molecule has 1 rings (SSSR count). The number of benzene rings is 1. The number of hydrogen-bond acceptors (Lipinski definition) is 2. The van der Waals surface area contributed by atoms with Crippen LogP contribution in [0.15, 0.2) is 12.1 Å². The van der Waals surface area contributed by atoms with Crippen LogP contribution in [0.5, 0.6) is 0 Å². The molecule has 0 aromatic heterocycles. The van der Waals surface area contributed by atoms with Gasteiger partial charge in [0.05, 0.1) is 6.54 Å². The van der Waals surface area contributed by atoms with Crippen LogP contribution in [-0.4, -0.2) is 30.8 Å². The van der Waals surface area contributed by atoms with Gasteiger partial charge in [0.25, 0.3) is 0 Å². The lowest BCUT2D eigenvalue weighted by Crippen LogP contribution is -2.26. The van der Waals surface area contributed by atoms with Crippen molar-refractivity contribution in [3.05, 3.63) is 34.4 Å². The molecule has 0 unspecified atom stereocenters. The Kier molecular flexibility index (Phi) is 4.88. The first kappa shape index (κ1) is 13.9. The topological polar surface area (TPSA) is 20.3 Å². The lowest BCUT2D eigenvalue weighted by atomic mass is 9.97. The van der Waals surface area contributed by atoms with Crippen molar-refractivity contribution in [1.29, 1.82) is 0 Å². The Morgan fingerprint density at radius 2 is 1.71 bits per heavy atom. The van der Waals surface area contributed by atoms with Crippen LogP contribution in [0.4, 0.5) is 0 Å². The molecule has 0 N–H and O–H groups in total. The highest BCUT2D eigenvalue weighted by Crippen LogP contribution is 2.17. The van der Waals surface area contributed by atoms with Crippen LogP contribution in [0, 0.1) is 20.8 Å². The zero-order valence-electron chi connectivity index (χ0n) is 11.6. The van der Waals surface area contributed by atoms with Gasteiger partial charge in [0, 0.05) is 6.54 Å². The van der Waals surface area contributed by atoms with Gasteiger partial charge in [0.1, 0.15) is 5.78 Å². The molecule has 2 heteroatoms. The van der Waals surface area contributed by atoms with E-state index in [2.05, 4.69) is 37.8 Å². The maximum atomic E-state index is 11.0. The predicted octanol–water partition coefficient (Wildman–Crippen LogP) is 2.68. The summed E-state index contributed by atoms with van der Waals surface area (Å²) in [6.07, 6.45) is 1.02. The van der Waals surface area contributed by atoms with E-state index in [1.54, 1.807) is 6.92 Å². The van der Waals surface area contributed by atoms with Gasteiger partial charge in [-0.2, -0.15) is 0 Å². The van der Waals surface area contributed by atoms with Crippen molar-refractivity contribution < 1.29 is 4.79 Å². The van der Waals surface area contributed by atoms with Crippen molar-refractivity contribution in [3.8, 4) is 0 Å². The highest BCUT2D eigenvalue weighted by atomic mass is 16.1. The zero-order chi connectivity index (χ0) is 13.0. The maximum Gasteiger partial charge on any atom is 0.143 e. The van der Waals surface area contributed by atoms with Crippen molar-refractivity contribution in [3.63, 3.8) is 0 Å². The standard InChI is InChI=1S/C15H23NO/c1-11-8-12(2)15(13(3)9-11)6-7-16(5)10-14(4)17/h8-9H,6-7,10H2,1-5H3. The molecular weight excluding hydrogens is 210 g/mol. The quantitative estimate of drug-likeness (QED) is 0.779. The Bertz CT molecular complexity index is 386. The second-order valence-corrected chi connectivity index (χ2v) is 5.07. The van der Waals surface area contributed by atoms with Crippen LogP contribution in [-0.2, 0) is 11.2 Å². The lowest BCUT2D eigenvalue weighted by Gasteiger charge is -2.17. The Balaban J connectivity index is 2.66. The Labute approximate surface area is 105 Å². The number of hydrogen-bond donors (Lipinski definition) is 0. The molecule has 0 amide bonds. The van der Waals surface area contributed by atoms with Gasteiger partial charge in [0.15, 0.2) is 0 Å². The molecule has 17 heavy (non-hydrogen) atoms. The fourth-order valence-electron chi connectivity index (χ4n) is 2.37. The normalized spacial score (nSPS) is 10.9. The van der Waals surface area contributed by atoms with Gasteiger partial charge < -0.3 is 0 Å². The molecule has 0 heterocycles. The van der Waals surface area contributed by atoms with E-state index in [4.69, 9.17) is 0 Å². The third kappa shape index (κ3) is 4.31. The molecule has 0 spiro atoms. The summed E-state index contributed by atoms with van der Waals surface area (Å²) in [6.45, 7) is 9.58. The first-order chi connectivity index (χ1) is 7.90. The van der Waals surface area contributed by atoms with E-state index in [9.17, 15) is 4.79 Å². The van der Waals surface area contributed by atoms with E-state index >= 15 is 0 Å². The number of Topliss-reactive ketones (excluding diaryl/α,β-unsaturated/α-hetero) is 1. The second-order valence-electron chi connectivity index (χ2n) is 5.07. The first-order valence-electron chi connectivity index (χ1n) is 6.15. The highest BCUT2D eigenvalue weighted by molar-refractivity contribution is 5.77. The average Bonchev–Trinajstić information content (AvgIpc) is 2.14.